The van der Waals surface area contributed by atoms with Gasteiger partial charge in [-0.25, -0.2) is 0 Å². The highest BCUT2D eigenvalue weighted by Crippen LogP contribution is 2.42. The van der Waals surface area contributed by atoms with Crippen LogP contribution in [0, 0.1) is 0 Å². The summed E-state index contributed by atoms with van der Waals surface area (Å²) in [7, 11) is 0. The van der Waals surface area contributed by atoms with Gasteiger partial charge in [0, 0.05) is 8.01 Å². The molecule has 2 aromatic rings. The average Bonchev–Trinajstić information content (AvgIpc) is 3.24. The molecule has 1 heterocycles. The van der Waals surface area contributed by atoms with Crippen molar-refractivity contribution < 1.29 is 4.74 Å². The molecule has 3 atom stereocenters. The minimum atomic E-state index is -0.115. The maximum atomic E-state index is 6.66. The smallest absolute Gasteiger partial charge is 0.119 e. The Morgan fingerprint density at radius 1 is 1.18 bits per heavy atom. The van der Waals surface area contributed by atoms with Crippen molar-refractivity contribution >= 4 is 62.0 Å². The standard InChI is InChI=1S/C27H32I2N2OS/c1-3-4-14-32-23-12-10-20(11-13-23)16-24(30)27-31-25(17-22(29)15-19(2)18-28)26(33-27)21-8-6-5-7-9-21/h5-13,15,17,24-26H,3-4,14,16,18,30H2,1-2H3/b19-15-,22-17-/t24-,25?,26?/m0/s1. The molecule has 1 aliphatic heterocycles. The lowest BCUT2D eigenvalue weighted by molar-refractivity contribution is 0.309. The summed E-state index contributed by atoms with van der Waals surface area (Å²) >= 11 is 6.63. The lowest BCUT2D eigenvalue weighted by Gasteiger charge is -2.16. The maximum absolute atomic E-state index is 6.66. The SMILES string of the molecule is CCCCOc1ccc(C[C@H](N)C2=NC(/C=C(I)/C=C(/C)CI)C(c3ccccc3)S2)cc1. The molecular weight excluding hydrogens is 654 g/mol. The van der Waals surface area contributed by atoms with E-state index < -0.39 is 0 Å². The fraction of sp³-hybridized carbons (Fsp3) is 0.370. The summed E-state index contributed by atoms with van der Waals surface area (Å²) < 4.78 is 8.04. The van der Waals surface area contributed by atoms with E-state index in [9.17, 15) is 0 Å². The van der Waals surface area contributed by atoms with Crippen molar-refractivity contribution in [3.8, 4) is 5.75 Å². The van der Waals surface area contributed by atoms with Gasteiger partial charge < -0.3 is 10.5 Å². The summed E-state index contributed by atoms with van der Waals surface area (Å²) in [6.07, 6.45) is 7.51. The monoisotopic (exact) mass is 686 g/mol. The van der Waals surface area contributed by atoms with E-state index >= 15 is 0 Å². The molecule has 0 saturated carbocycles. The lowest BCUT2D eigenvalue weighted by atomic mass is 10.0. The number of aliphatic imine (C=N–C) groups is 1. The van der Waals surface area contributed by atoms with Crippen LogP contribution in [0.1, 0.15) is 43.1 Å². The number of benzene rings is 2. The van der Waals surface area contributed by atoms with E-state index in [1.807, 2.05) is 23.9 Å². The highest BCUT2D eigenvalue weighted by Gasteiger charge is 2.32. The molecule has 0 spiro atoms. The van der Waals surface area contributed by atoms with Crippen LogP contribution in [0.3, 0.4) is 0 Å². The molecule has 2 N–H and O–H groups in total. The van der Waals surface area contributed by atoms with Crippen LogP contribution in [0.15, 0.2) is 80.9 Å². The van der Waals surface area contributed by atoms with Gasteiger partial charge in [-0.15, -0.1) is 0 Å². The third-order valence-electron chi connectivity index (χ3n) is 5.35. The van der Waals surface area contributed by atoms with Gasteiger partial charge in [0.2, 0.25) is 0 Å². The van der Waals surface area contributed by atoms with E-state index in [2.05, 4.69) is 114 Å². The summed E-state index contributed by atoms with van der Waals surface area (Å²) in [4.78, 5) is 5.10. The van der Waals surface area contributed by atoms with Gasteiger partial charge in [-0.3, -0.25) is 4.99 Å². The molecule has 1 aliphatic rings. The Kier molecular flexibility index (Phi) is 11.3. The van der Waals surface area contributed by atoms with E-state index in [4.69, 9.17) is 15.5 Å². The molecule has 2 aromatic carbocycles. The normalized spacial score (nSPS) is 20.0. The molecule has 0 saturated heterocycles. The highest BCUT2D eigenvalue weighted by atomic mass is 127. The Morgan fingerprint density at radius 2 is 1.91 bits per heavy atom. The van der Waals surface area contributed by atoms with Crippen molar-refractivity contribution in [1.29, 1.82) is 0 Å². The first kappa shape index (κ1) is 26.8. The molecule has 3 nitrogen and oxygen atoms in total. The molecular formula is C27H32I2N2OS. The van der Waals surface area contributed by atoms with Crippen LogP contribution < -0.4 is 10.5 Å². The van der Waals surface area contributed by atoms with Crippen molar-refractivity contribution in [3.05, 3.63) is 87.0 Å². The molecule has 6 heteroatoms. The first-order valence-corrected chi connectivity index (χ1v) is 14.9. The fourth-order valence-electron chi connectivity index (χ4n) is 3.54. The topological polar surface area (TPSA) is 47.6 Å². The second kappa shape index (κ2) is 13.9. The molecule has 3 rings (SSSR count). The van der Waals surface area contributed by atoms with Crippen LogP contribution in [0.5, 0.6) is 5.75 Å². The van der Waals surface area contributed by atoms with Gasteiger partial charge in [-0.05, 0) is 77.8 Å². The van der Waals surface area contributed by atoms with Gasteiger partial charge in [-0.2, -0.15) is 0 Å². The van der Waals surface area contributed by atoms with Crippen LogP contribution in [0.25, 0.3) is 0 Å². The van der Waals surface area contributed by atoms with Crippen molar-refractivity contribution in [3.63, 3.8) is 0 Å². The molecule has 176 valence electrons. The number of nitrogens with two attached hydrogens (primary N) is 1. The predicted octanol–water partition coefficient (Wildman–Crippen LogP) is 7.69. The van der Waals surface area contributed by atoms with Crippen LogP contribution in [0.2, 0.25) is 0 Å². The second-order valence-corrected chi connectivity index (χ2v) is 11.4. The van der Waals surface area contributed by atoms with E-state index in [0.717, 1.165) is 41.1 Å². The molecule has 33 heavy (non-hydrogen) atoms. The minimum Gasteiger partial charge on any atom is -0.494 e. The molecule has 0 amide bonds. The van der Waals surface area contributed by atoms with Gasteiger partial charge >= 0.3 is 0 Å². The van der Waals surface area contributed by atoms with Gasteiger partial charge in [0.1, 0.15) is 5.75 Å². The van der Waals surface area contributed by atoms with Gasteiger partial charge in [-0.1, -0.05) is 95.7 Å². The Balaban J connectivity index is 1.73. The maximum Gasteiger partial charge on any atom is 0.119 e. The lowest BCUT2D eigenvalue weighted by Crippen LogP contribution is -2.30. The number of alkyl halides is 1. The molecule has 0 aromatic heterocycles. The quantitative estimate of drug-likeness (QED) is 0.114. The van der Waals surface area contributed by atoms with Crippen molar-refractivity contribution in [2.45, 2.75) is 50.4 Å². The zero-order valence-corrected chi connectivity index (χ0v) is 24.3. The van der Waals surface area contributed by atoms with E-state index in [1.165, 1.54) is 20.3 Å². The molecule has 0 fully saturated rings. The number of hydrogen-bond donors (Lipinski definition) is 1. The average molecular weight is 686 g/mol. The van der Waals surface area contributed by atoms with E-state index in [1.54, 1.807) is 0 Å². The number of allylic oxidation sites excluding steroid dienone is 3. The number of nitrogens with zero attached hydrogens (tertiary/aromatic N) is 1. The van der Waals surface area contributed by atoms with Crippen molar-refractivity contribution in [2.24, 2.45) is 10.7 Å². The van der Waals surface area contributed by atoms with Crippen LogP contribution in [0.4, 0.5) is 0 Å². The fourth-order valence-corrected chi connectivity index (χ4v) is 5.94. The summed E-state index contributed by atoms with van der Waals surface area (Å²) in [6, 6.07) is 18.9. The number of thioether (sulfide) groups is 1. The molecule has 0 aliphatic carbocycles. The second-order valence-electron chi connectivity index (χ2n) is 8.24. The highest BCUT2D eigenvalue weighted by molar-refractivity contribution is 14.1. The zero-order chi connectivity index (χ0) is 23.6. The minimum absolute atomic E-state index is 0.0814. The van der Waals surface area contributed by atoms with Crippen LogP contribution in [-0.4, -0.2) is 28.2 Å². The summed E-state index contributed by atoms with van der Waals surface area (Å²) in [6.45, 7) is 5.11. The number of halogens is 2. The van der Waals surface area contributed by atoms with Crippen LogP contribution >= 0.6 is 56.9 Å². The molecule has 0 radical (unpaired) electrons. The first-order chi connectivity index (χ1) is 16.0. The predicted molar refractivity (Wildman–Crippen MR) is 161 cm³/mol. The Hall–Kier alpha value is -0.840. The van der Waals surface area contributed by atoms with Crippen LogP contribution in [-0.2, 0) is 6.42 Å². The van der Waals surface area contributed by atoms with E-state index in [-0.39, 0.29) is 17.3 Å². The van der Waals surface area contributed by atoms with Gasteiger partial charge in [0.25, 0.3) is 0 Å². The summed E-state index contributed by atoms with van der Waals surface area (Å²) in [5.41, 5.74) is 10.5. The van der Waals surface area contributed by atoms with Crippen molar-refractivity contribution in [2.75, 3.05) is 11.0 Å². The largest absolute Gasteiger partial charge is 0.494 e. The van der Waals surface area contributed by atoms with Gasteiger partial charge in [0.15, 0.2) is 0 Å². The third-order valence-corrected chi connectivity index (χ3v) is 8.68. The first-order valence-electron chi connectivity index (χ1n) is 11.4. The number of ether oxygens (including phenoxy) is 1. The summed E-state index contributed by atoms with van der Waals surface area (Å²) in [5.74, 6) is 0.923. The Bertz CT molecular complexity index is 973. The molecule has 2 unspecified atom stereocenters. The Morgan fingerprint density at radius 3 is 2.58 bits per heavy atom. The van der Waals surface area contributed by atoms with E-state index in [0.29, 0.717) is 0 Å². The third kappa shape index (κ3) is 8.40. The number of unbranched alkanes of at least 4 members (excludes halogenated alkanes) is 1. The Labute approximate surface area is 230 Å². The number of hydrogen-bond acceptors (Lipinski definition) is 4. The zero-order valence-electron chi connectivity index (χ0n) is 19.2. The summed E-state index contributed by atoms with van der Waals surface area (Å²) in [5, 5.41) is 1.28. The van der Waals surface area contributed by atoms with Gasteiger partial charge in [0.05, 0.1) is 29.0 Å². The number of rotatable bonds is 11. The van der Waals surface area contributed by atoms with Crippen molar-refractivity contribution in [1.82, 2.24) is 0 Å². The molecule has 0 bridgehead atoms.